The molecule has 0 aromatic heterocycles. The van der Waals surface area contributed by atoms with Crippen LogP contribution in [0, 0.1) is 17.3 Å². The normalized spacial score (nSPS) is 41.8. The summed E-state index contributed by atoms with van der Waals surface area (Å²) < 4.78 is 5.30. The lowest BCUT2D eigenvalue weighted by Gasteiger charge is -2.49. The fourth-order valence-corrected chi connectivity index (χ4v) is 5.74. The number of fused-ring (bicyclic) bond motifs is 5. The molecule has 4 heteroatoms. The van der Waals surface area contributed by atoms with E-state index >= 15 is 0 Å². The zero-order chi connectivity index (χ0) is 16.4. The molecule has 6 atom stereocenters. The molecule has 0 saturated heterocycles. The number of benzene rings is 1. The lowest BCUT2D eigenvalue weighted by atomic mass is 9.55. The minimum atomic E-state index is -0.593. The maximum absolute atomic E-state index is 10.5. The van der Waals surface area contributed by atoms with Crippen LogP contribution in [0.1, 0.15) is 49.7 Å². The number of hydrogen-bond donors (Lipinski definition) is 3. The third-order valence-electron chi connectivity index (χ3n) is 7.00. The number of aliphatic hydroxyl groups is 2. The Morgan fingerprint density at radius 1 is 1.22 bits per heavy atom. The molecule has 0 bridgehead atoms. The van der Waals surface area contributed by atoms with Gasteiger partial charge < -0.3 is 20.1 Å². The maximum atomic E-state index is 10.5. The van der Waals surface area contributed by atoms with Gasteiger partial charge in [0.15, 0.2) is 11.5 Å². The van der Waals surface area contributed by atoms with Crippen LogP contribution in [0.2, 0.25) is 0 Å². The molecular formula is C19H26O4. The van der Waals surface area contributed by atoms with Crippen molar-refractivity contribution in [2.75, 3.05) is 7.11 Å². The van der Waals surface area contributed by atoms with Crippen LogP contribution in [0.25, 0.3) is 0 Å². The van der Waals surface area contributed by atoms with E-state index in [2.05, 4.69) is 6.92 Å². The molecule has 3 aliphatic carbocycles. The van der Waals surface area contributed by atoms with Crippen molar-refractivity contribution in [3.8, 4) is 11.5 Å². The van der Waals surface area contributed by atoms with Gasteiger partial charge in [-0.2, -0.15) is 0 Å². The minimum Gasteiger partial charge on any atom is -0.504 e. The van der Waals surface area contributed by atoms with E-state index in [-0.39, 0.29) is 11.2 Å². The molecule has 2 saturated carbocycles. The SMILES string of the molecule is COc1cc2c(cc1O)CC[C@@H]1[C@@H]2CC[C@]2(C)[C@@H](O)C(O)C[C@@H]12. The van der Waals surface area contributed by atoms with Crippen LogP contribution in [0.5, 0.6) is 11.5 Å². The van der Waals surface area contributed by atoms with Gasteiger partial charge in [-0.15, -0.1) is 0 Å². The molecule has 23 heavy (non-hydrogen) atoms. The maximum Gasteiger partial charge on any atom is 0.160 e. The first kappa shape index (κ1) is 15.3. The van der Waals surface area contributed by atoms with Crippen molar-refractivity contribution in [3.63, 3.8) is 0 Å². The van der Waals surface area contributed by atoms with E-state index in [1.54, 1.807) is 7.11 Å². The van der Waals surface area contributed by atoms with E-state index in [4.69, 9.17) is 4.74 Å². The fourth-order valence-electron chi connectivity index (χ4n) is 5.74. The van der Waals surface area contributed by atoms with Crippen molar-refractivity contribution >= 4 is 0 Å². The summed E-state index contributed by atoms with van der Waals surface area (Å²) in [5, 5.41) is 30.7. The van der Waals surface area contributed by atoms with Gasteiger partial charge in [0.2, 0.25) is 0 Å². The summed E-state index contributed by atoms with van der Waals surface area (Å²) in [6.45, 7) is 2.15. The lowest BCUT2D eigenvalue weighted by molar-refractivity contribution is -0.0505. The average molecular weight is 318 g/mol. The highest BCUT2D eigenvalue weighted by Gasteiger charge is 2.57. The number of methoxy groups -OCH3 is 1. The molecule has 126 valence electrons. The van der Waals surface area contributed by atoms with Crippen molar-refractivity contribution < 1.29 is 20.1 Å². The van der Waals surface area contributed by atoms with E-state index in [1.807, 2.05) is 12.1 Å². The molecular weight excluding hydrogens is 292 g/mol. The van der Waals surface area contributed by atoms with E-state index in [1.165, 1.54) is 11.1 Å². The monoisotopic (exact) mass is 318 g/mol. The number of ether oxygens (including phenoxy) is 1. The summed E-state index contributed by atoms with van der Waals surface area (Å²) in [6, 6.07) is 3.86. The smallest absolute Gasteiger partial charge is 0.160 e. The lowest BCUT2D eigenvalue weighted by Crippen LogP contribution is -2.44. The number of rotatable bonds is 1. The summed E-state index contributed by atoms with van der Waals surface area (Å²) in [5.74, 6) is 2.09. The summed E-state index contributed by atoms with van der Waals surface area (Å²) >= 11 is 0. The van der Waals surface area contributed by atoms with Gasteiger partial charge in [0.05, 0.1) is 19.3 Å². The second-order valence-corrected chi connectivity index (χ2v) is 7.93. The van der Waals surface area contributed by atoms with Crippen LogP contribution in [0.4, 0.5) is 0 Å². The first-order valence-corrected chi connectivity index (χ1v) is 8.71. The topological polar surface area (TPSA) is 69.9 Å². The van der Waals surface area contributed by atoms with Crippen molar-refractivity contribution in [1.29, 1.82) is 0 Å². The van der Waals surface area contributed by atoms with Gasteiger partial charge in [-0.25, -0.2) is 0 Å². The fraction of sp³-hybridized carbons (Fsp3) is 0.684. The van der Waals surface area contributed by atoms with Crippen molar-refractivity contribution in [2.24, 2.45) is 17.3 Å². The highest BCUT2D eigenvalue weighted by atomic mass is 16.5. The third-order valence-corrected chi connectivity index (χ3v) is 7.00. The predicted molar refractivity (Wildman–Crippen MR) is 86.7 cm³/mol. The molecule has 1 aromatic carbocycles. The molecule has 1 unspecified atom stereocenters. The molecule has 2 fully saturated rings. The Hall–Kier alpha value is -1.26. The number of phenols is 1. The second-order valence-electron chi connectivity index (χ2n) is 7.93. The first-order chi connectivity index (χ1) is 11.0. The van der Waals surface area contributed by atoms with Crippen LogP contribution in [0.15, 0.2) is 12.1 Å². The Morgan fingerprint density at radius 2 is 2.00 bits per heavy atom. The molecule has 0 heterocycles. The number of hydrogen-bond acceptors (Lipinski definition) is 4. The van der Waals surface area contributed by atoms with Gasteiger partial charge in [0, 0.05) is 0 Å². The van der Waals surface area contributed by atoms with Crippen molar-refractivity contribution in [2.45, 2.75) is 57.2 Å². The Bertz CT molecular complexity index is 628. The number of aryl methyl sites for hydroxylation is 1. The number of phenolic OH excluding ortho intramolecular Hbond substituents is 1. The Balaban J connectivity index is 1.72. The highest BCUT2D eigenvalue weighted by molar-refractivity contribution is 5.49. The molecule has 0 spiro atoms. The van der Waals surface area contributed by atoms with Crippen LogP contribution in [0.3, 0.4) is 0 Å². The van der Waals surface area contributed by atoms with Gasteiger partial charge in [-0.3, -0.25) is 0 Å². The van der Waals surface area contributed by atoms with Crippen molar-refractivity contribution in [3.05, 3.63) is 23.3 Å². The Labute approximate surface area is 137 Å². The Kier molecular flexibility index (Phi) is 3.40. The third kappa shape index (κ3) is 2.04. The zero-order valence-electron chi connectivity index (χ0n) is 13.8. The predicted octanol–water partition coefficient (Wildman–Crippen LogP) is 2.59. The zero-order valence-corrected chi connectivity index (χ0v) is 13.8. The van der Waals surface area contributed by atoms with Gasteiger partial charge in [0.1, 0.15) is 0 Å². The standard InChI is InChI=1S/C19H26O4/c1-19-6-5-11-12(14(19)9-16(21)18(19)22)4-3-10-7-15(20)17(23-2)8-13(10)11/h7-8,11-12,14,16,18,20-22H,3-6,9H2,1-2H3/t11-,12+,14-,16?,18-,19-/m0/s1. The highest BCUT2D eigenvalue weighted by Crippen LogP contribution is 2.61. The van der Waals surface area contributed by atoms with Crippen LogP contribution in [-0.4, -0.2) is 34.6 Å². The van der Waals surface area contributed by atoms with Gasteiger partial charge >= 0.3 is 0 Å². The van der Waals surface area contributed by atoms with Crippen LogP contribution >= 0.6 is 0 Å². The summed E-state index contributed by atoms with van der Waals surface area (Å²) in [5.41, 5.74) is 2.38. The van der Waals surface area contributed by atoms with E-state index in [0.717, 1.165) is 25.7 Å². The summed E-state index contributed by atoms with van der Waals surface area (Å²) in [7, 11) is 1.59. The Morgan fingerprint density at radius 3 is 2.74 bits per heavy atom. The summed E-state index contributed by atoms with van der Waals surface area (Å²) in [4.78, 5) is 0. The minimum absolute atomic E-state index is 0.154. The van der Waals surface area contributed by atoms with Crippen LogP contribution in [-0.2, 0) is 6.42 Å². The molecule has 1 aromatic rings. The molecule has 4 nitrogen and oxygen atoms in total. The quantitative estimate of drug-likeness (QED) is 0.744. The number of aromatic hydroxyl groups is 1. The van der Waals surface area contributed by atoms with E-state index in [9.17, 15) is 15.3 Å². The van der Waals surface area contributed by atoms with Gasteiger partial charge in [0.25, 0.3) is 0 Å². The van der Waals surface area contributed by atoms with Crippen LogP contribution < -0.4 is 4.74 Å². The van der Waals surface area contributed by atoms with E-state index in [0.29, 0.717) is 29.9 Å². The summed E-state index contributed by atoms with van der Waals surface area (Å²) in [6.07, 6.45) is 3.53. The van der Waals surface area contributed by atoms with Gasteiger partial charge in [-0.05, 0) is 78.5 Å². The molecule has 4 rings (SSSR count). The van der Waals surface area contributed by atoms with Gasteiger partial charge in [-0.1, -0.05) is 6.92 Å². The molecule has 0 radical (unpaired) electrons. The van der Waals surface area contributed by atoms with Crippen molar-refractivity contribution in [1.82, 2.24) is 0 Å². The number of aliphatic hydroxyl groups excluding tert-OH is 2. The molecule has 3 aliphatic rings. The largest absolute Gasteiger partial charge is 0.504 e. The molecule has 0 aliphatic heterocycles. The first-order valence-electron chi connectivity index (χ1n) is 8.71. The molecule has 3 N–H and O–H groups in total. The average Bonchev–Trinajstić information content (AvgIpc) is 2.77. The van der Waals surface area contributed by atoms with E-state index < -0.39 is 12.2 Å². The molecule has 0 amide bonds. The second kappa shape index (κ2) is 5.12.